The fraction of sp³-hybridized carbons (Fsp3) is 0. The summed E-state index contributed by atoms with van der Waals surface area (Å²) < 4.78 is 31.4. The topological polar surface area (TPSA) is 89.5 Å². The number of rotatable bonds is 9. The maximum absolute atomic E-state index is 13.3. The number of aromatic amines is 4. The highest BCUT2D eigenvalue weighted by molar-refractivity contribution is 6.36. The van der Waals surface area contributed by atoms with E-state index < -0.39 is 13.3 Å². The Hall–Kier alpha value is -5.31. The predicted octanol–water partition coefficient (Wildman–Crippen LogP) is 7.83. The first-order valence-corrected chi connectivity index (χ1v) is 12.6. The third-order valence-corrected chi connectivity index (χ3v) is 6.55. The van der Waals surface area contributed by atoms with Crippen molar-refractivity contribution in [1.82, 2.24) is 19.9 Å². The lowest BCUT2D eigenvalue weighted by atomic mass is 10.1. The summed E-state index contributed by atoms with van der Waals surface area (Å²) in [4.78, 5) is 25.7. The van der Waals surface area contributed by atoms with E-state index in [-0.39, 0.29) is 17.1 Å². The lowest BCUT2D eigenvalue weighted by molar-refractivity contribution is 0.104. The molecule has 40 heavy (non-hydrogen) atoms. The maximum Gasteiger partial charge on any atom is 0.796 e. The number of carbonyl (C=O) groups is 1. The Morgan fingerprint density at radius 2 is 1.12 bits per heavy atom. The van der Waals surface area contributed by atoms with Gasteiger partial charge < -0.3 is 24.6 Å². The molecule has 0 radical (unpaired) electrons. The molecule has 0 bridgehead atoms. The largest absolute Gasteiger partial charge is 0.796 e. The monoisotopic (exact) mass is 532 g/mol. The highest BCUT2D eigenvalue weighted by atomic mass is 19.2. The van der Waals surface area contributed by atoms with Gasteiger partial charge in [0.25, 0.3) is 0 Å². The van der Waals surface area contributed by atoms with Gasteiger partial charge in [-0.05, 0) is 82.9 Å². The molecule has 9 heteroatoms. The Morgan fingerprint density at radius 1 is 0.625 bits per heavy atom. The first-order chi connectivity index (χ1) is 19.5. The number of nitrogens with one attached hydrogen (secondary N) is 4. The molecular weight excluding hydrogens is 509 g/mol. The fourth-order valence-electron chi connectivity index (χ4n) is 4.61. The van der Waals surface area contributed by atoms with Crippen molar-refractivity contribution >= 4 is 19.0 Å². The van der Waals surface area contributed by atoms with Gasteiger partial charge in [-0.3, -0.25) is 4.79 Å². The van der Waals surface area contributed by atoms with Crippen LogP contribution in [0.3, 0.4) is 0 Å². The number of benzene rings is 2. The fourth-order valence-corrected chi connectivity index (χ4v) is 4.61. The molecule has 4 heterocycles. The van der Waals surface area contributed by atoms with Crippen LogP contribution in [0.4, 0.5) is 8.63 Å². The summed E-state index contributed by atoms with van der Waals surface area (Å²) in [6.45, 7) is 0. The second kappa shape index (κ2) is 10.8. The zero-order valence-electron chi connectivity index (χ0n) is 21.1. The van der Waals surface area contributed by atoms with Crippen LogP contribution in [0.1, 0.15) is 16.2 Å². The molecule has 6 rings (SSSR count). The Bertz CT molecular complexity index is 1780. The molecule has 0 saturated carbocycles. The summed E-state index contributed by atoms with van der Waals surface area (Å²) in [7, 11) is -3.10. The highest BCUT2D eigenvalue weighted by Crippen LogP contribution is 2.29. The molecule has 0 aliphatic rings. The van der Waals surface area contributed by atoms with E-state index in [0.717, 1.165) is 45.4 Å². The van der Waals surface area contributed by atoms with Gasteiger partial charge in [-0.2, -0.15) is 0 Å². The molecule has 6 nitrogen and oxygen atoms in total. The molecule has 196 valence electrons. The molecule has 0 atom stereocenters. The van der Waals surface area contributed by atoms with Crippen LogP contribution in [-0.4, -0.2) is 33.2 Å². The van der Waals surface area contributed by atoms with E-state index in [1.54, 1.807) is 24.3 Å². The molecule has 0 amide bonds. The second-order valence-corrected chi connectivity index (χ2v) is 9.15. The van der Waals surface area contributed by atoms with E-state index in [1.165, 1.54) is 0 Å². The minimum Gasteiger partial charge on any atom is -0.503 e. The standard InChI is InChI=1S/C31H23BF2N4O2/c33-32(34)40-31(29-14-12-27(38-29)23-8-2-6-21(18-23)25-10-4-16-36-25)19-30(39)28-13-11-26(37-28)22-7-1-5-20(17-22)24-9-3-15-35-24/h1-19,35-38H/b31-19-. The molecule has 0 fully saturated rings. The number of allylic oxidation sites excluding steroid dienone is 1. The Labute approximate surface area is 229 Å². The Balaban J connectivity index is 1.26. The van der Waals surface area contributed by atoms with E-state index in [0.29, 0.717) is 5.69 Å². The average Bonchev–Trinajstić information content (AvgIpc) is 3.79. The SMILES string of the molecule is O=C(/C=C(\OB(F)F)c1ccc(-c2cccc(-c3ccc[nH]3)c2)[nH]1)c1ccc(-c2cccc(-c3ccc[nH]3)c2)[nH]1. The van der Waals surface area contributed by atoms with Gasteiger partial charge in [-0.1, -0.05) is 36.4 Å². The van der Waals surface area contributed by atoms with Gasteiger partial charge in [0.1, 0.15) is 5.76 Å². The summed E-state index contributed by atoms with van der Waals surface area (Å²) in [6, 6.07) is 30.2. The third kappa shape index (κ3) is 5.30. The van der Waals surface area contributed by atoms with Crippen LogP contribution >= 0.6 is 0 Å². The Kier molecular flexibility index (Phi) is 6.76. The van der Waals surface area contributed by atoms with Gasteiger partial charge in [0, 0.05) is 41.2 Å². The van der Waals surface area contributed by atoms with Crippen molar-refractivity contribution in [3.63, 3.8) is 0 Å². The van der Waals surface area contributed by atoms with E-state index in [9.17, 15) is 13.4 Å². The first kappa shape index (κ1) is 25.0. The summed E-state index contributed by atoms with van der Waals surface area (Å²) in [5, 5.41) is 0. The van der Waals surface area contributed by atoms with E-state index >= 15 is 0 Å². The van der Waals surface area contributed by atoms with Gasteiger partial charge in [0.15, 0.2) is 0 Å². The van der Waals surface area contributed by atoms with E-state index in [1.807, 2.05) is 85.2 Å². The quantitative estimate of drug-likeness (QED) is 0.0662. The van der Waals surface area contributed by atoms with Crippen molar-refractivity contribution in [2.75, 3.05) is 0 Å². The number of ketones is 1. The van der Waals surface area contributed by atoms with Crippen molar-refractivity contribution in [3.8, 4) is 45.0 Å². The normalized spacial score (nSPS) is 11.5. The molecule has 6 aromatic rings. The van der Waals surface area contributed by atoms with Crippen molar-refractivity contribution in [3.05, 3.63) is 127 Å². The predicted molar refractivity (Wildman–Crippen MR) is 153 cm³/mol. The number of carbonyl (C=O) groups excluding carboxylic acids is 1. The smallest absolute Gasteiger partial charge is 0.503 e. The lowest BCUT2D eigenvalue weighted by Crippen LogP contribution is -2.07. The van der Waals surface area contributed by atoms with Crippen molar-refractivity contribution in [2.24, 2.45) is 0 Å². The summed E-state index contributed by atoms with van der Waals surface area (Å²) in [6.07, 6.45) is 4.77. The van der Waals surface area contributed by atoms with Crippen LogP contribution in [0, 0.1) is 0 Å². The molecule has 4 aromatic heterocycles. The highest BCUT2D eigenvalue weighted by Gasteiger charge is 2.23. The zero-order chi connectivity index (χ0) is 27.5. The average molecular weight is 532 g/mol. The van der Waals surface area contributed by atoms with Crippen LogP contribution in [0.25, 0.3) is 50.8 Å². The van der Waals surface area contributed by atoms with Crippen molar-refractivity contribution < 1.29 is 18.1 Å². The van der Waals surface area contributed by atoms with E-state index in [2.05, 4.69) is 19.9 Å². The molecular formula is C31H23BF2N4O2. The molecule has 0 spiro atoms. The van der Waals surface area contributed by atoms with Crippen LogP contribution in [0.2, 0.25) is 0 Å². The van der Waals surface area contributed by atoms with Gasteiger partial charge >= 0.3 is 7.47 Å². The van der Waals surface area contributed by atoms with Gasteiger partial charge in [-0.15, -0.1) is 0 Å². The van der Waals surface area contributed by atoms with Crippen LogP contribution in [0.15, 0.2) is 116 Å². The van der Waals surface area contributed by atoms with Gasteiger partial charge in [0.05, 0.1) is 11.4 Å². The number of H-pyrrole nitrogens is 4. The number of hydrogen-bond donors (Lipinski definition) is 4. The summed E-state index contributed by atoms with van der Waals surface area (Å²) >= 11 is 0. The zero-order valence-corrected chi connectivity index (χ0v) is 21.1. The minimum atomic E-state index is -3.10. The number of aromatic nitrogens is 4. The maximum atomic E-state index is 13.3. The van der Waals surface area contributed by atoms with Crippen LogP contribution in [-0.2, 0) is 4.65 Å². The number of hydrogen-bond acceptors (Lipinski definition) is 2. The minimum absolute atomic E-state index is 0.251. The van der Waals surface area contributed by atoms with Crippen LogP contribution in [0.5, 0.6) is 0 Å². The lowest BCUT2D eigenvalue weighted by Gasteiger charge is -2.07. The molecule has 4 N–H and O–H groups in total. The number of halogens is 2. The van der Waals surface area contributed by atoms with E-state index in [4.69, 9.17) is 4.65 Å². The first-order valence-electron chi connectivity index (χ1n) is 12.6. The summed E-state index contributed by atoms with van der Waals surface area (Å²) in [5.41, 5.74) is 7.60. The second-order valence-electron chi connectivity index (χ2n) is 9.15. The molecule has 0 aliphatic carbocycles. The Morgan fingerprint density at radius 3 is 1.62 bits per heavy atom. The van der Waals surface area contributed by atoms with Gasteiger partial charge in [-0.25, -0.2) is 8.63 Å². The van der Waals surface area contributed by atoms with Crippen molar-refractivity contribution in [1.29, 1.82) is 0 Å². The van der Waals surface area contributed by atoms with Crippen molar-refractivity contribution in [2.45, 2.75) is 0 Å². The molecule has 0 unspecified atom stereocenters. The summed E-state index contributed by atoms with van der Waals surface area (Å²) in [5.74, 6) is -0.746. The van der Waals surface area contributed by atoms with Gasteiger partial charge in [0.2, 0.25) is 5.78 Å². The third-order valence-electron chi connectivity index (χ3n) is 6.55. The molecule has 0 aliphatic heterocycles. The molecule has 2 aromatic carbocycles. The van der Waals surface area contributed by atoms with Crippen LogP contribution < -0.4 is 0 Å². The molecule has 0 saturated heterocycles.